The van der Waals surface area contributed by atoms with E-state index in [1.165, 1.54) is 33.7 Å². The van der Waals surface area contributed by atoms with Crippen molar-refractivity contribution in [2.24, 2.45) is 33.9 Å². The molecule has 8 heteroatoms. The van der Waals surface area contributed by atoms with Gasteiger partial charge in [0.2, 0.25) is 0 Å². The van der Waals surface area contributed by atoms with Gasteiger partial charge in [-0.05, 0) is 84.0 Å². The molecule has 0 aliphatic carbocycles. The van der Waals surface area contributed by atoms with Gasteiger partial charge in [-0.25, -0.2) is 0 Å². The summed E-state index contributed by atoms with van der Waals surface area (Å²) in [4.78, 5) is 5.35. The highest BCUT2D eigenvalue weighted by Gasteiger charge is 2.40. The first kappa shape index (κ1) is 32.8. The van der Waals surface area contributed by atoms with Gasteiger partial charge >= 0.3 is 0 Å². The van der Waals surface area contributed by atoms with E-state index in [9.17, 15) is 0 Å². The lowest BCUT2D eigenvalue weighted by atomic mass is 9.79. The molecule has 0 unspecified atom stereocenters. The Morgan fingerprint density at radius 1 is 0.609 bits per heavy atom. The van der Waals surface area contributed by atoms with Gasteiger partial charge in [0.05, 0.1) is 28.4 Å². The lowest BCUT2D eigenvalue weighted by Crippen LogP contribution is -2.47. The van der Waals surface area contributed by atoms with Gasteiger partial charge < -0.3 is 18.9 Å². The number of nitrogens with zero attached hydrogens (tertiary/aromatic N) is 4. The SMILES string of the molecule is COc1cc2c(cc1OC)[C@H]1C/C(=N\N=C3/C[C@H]4c5cc(OC)c(OC)cc5CCN4C[C@@H]3CC(C)C)[C@H](CC(C)C)CN1CC2. The number of rotatable bonds is 9. The van der Waals surface area contributed by atoms with Crippen LogP contribution in [0.2, 0.25) is 0 Å². The molecule has 2 aromatic carbocycles. The molecule has 6 rings (SSSR count). The zero-order valence-electron chi connectivity index (χ0n) is 29.3. The number of hydrogen-bond donors (Lipinski definition) is 0. The van der Waals surface area contributed by atoms with E-state index in [4.69, 9.17) is 29.2 Å². The summed E-state index contributed by atoms with van der Waals surface area (Å²) in [7, 11) is 6.89. The molecule has 4 heterocycles. The zero-order valence-corrected chi connectivity index (χ0v) is 29.3. The van der Waals surface area contributed by atoms with E-state index >= 15 is 0 Å². The van der Waals surface area contributed by atoms with Gasteiger partial charge in [0.1, 0.15) is 0 Å². The maximum absolute atomic E-state index is 5.73. The second-order valence-electron chi connectivity index (χ2n) is 14.6. The van der Waals surface area contributed by atoms with E-state index in [-0.39, 0.29) is 12.1 Å². The predicted octanol–water partition coefficient (Wildman–Crippen LogP) is 7.15. The Hall–Kier alpha value is -3.10. The van der Waals surface area contributed by atoms with Gasteiger partial charge in [-0.1, -0.05) is 27.7 Å². The number of ether oxygens (including phenoxy) is 4. The lowest BCUT2D eigenvalue weighted by molar-refractivity contribution is 0.146. The van der Waals surface area contributed by atoms with Crippen molar-refractivity contribution in [2.75, 3.05) is 54.6 Å². The molecular weight excluding hydrogens is 576 g/mol. The fourth-order valence-corrected chi connectivity index (χ4v) is 8.51. The highest BCUT2D eigenvalue weighted by atomic mass is 16.5. The third kappa shape index (κ3) is 6.52. The molecule has 0 aromatic heterocycles. The third-order valence-corrected chi connectivity index (χ3v) is 10.7. The van der Waals surface area contributed by atoms with Crippen LogP contribution >= 0.6 is 0 Å². The topological polar surface area (TPSA) is 68.1 Å². The highest BCUT2D eigenvalue weighted by Crippen LogP contribution is 2.45. The van der Waals surface area contributed by atoms with Gasteiger partial charge in [0, 0.05) is 74.4 Å². The molecule has 0 radical (unpaired) electrons. The number of methoxy groups -OCH3 is 4. The summed E-state index contributed by atoms with van der Waals surface area (Å²) in [5.74, 6) is 5.26. The van der Waals surface area contributed by atoms with Crippen LogP contribution in [0.4, 0.5) is 0 Å². The Kier molecular flexibility index (Phi) is 9.95. The van der Waals surface area contributed by atoms with Crippen LogP contribution in [-0.2, 0) is 12.8 Å². The van der Waals surface area contributed by atoms with Crippen molar-refractivity contribution < 1.29 is 18.9 Å². The number of hydrogen-bond acceptors (Lipinski definition) is 8. The van der Waals surface area contributed by atoms with E-state index in [0.717, 1.165) is 87.7 Å². The Morgan fingerprint density at radius 3 is 1.33 bits per heavy atom. The maximum atomic E-state index is 5.73. The molecule has 0 amide bonds. The monoisotopic (exact) mass is 630 g/mol. The lowest BCUT2D eigenvalue weighted by Gasteiger charge is -2.45. The smallest absolute Gasteiger partial charge is 0.161 e. The average molecular weight is 631 g/mol. The molecule has 2 fully saturated rings. The Morgan fingerprint density at radius 2 is 0.978 bits per heavy atom. The van der Waals surface area contributed by atoms with E-state index in [1.54, 1.807) is 28.4 Å². The van der Waals surface area contributed by atoms with Gasteiger partial charge in [0.15, 0.2) is 23.0 Å². The first-order chi connectivity index (χ1) is 22.2. The van der Waals surface area contributed by atoms with E-state index < -0.39 is 0 Å². The summed E-state index contributed by atoms with van der Waals surface area (Å²) in [6.45, 7) is 13.5. The fourth-order valence-electron chi connectivity index (χ4n) is 8.51. The minimum atomic E-state index is 0.284. The molecule has 2 saturated heterocycles. The van der Waals surface area contributed by atoms with Crippen molar-refractivity contribution in [1.29, 1.82) is 0 Å². The largest absolute Gasteiger partial charge is 0.493 e. The molecule has 4 atom stereocenters. The maximum Gasteiger partial charge on any atom is 0.161 e. The average Bonchev–Trinajstić information content (AvgIpc) is 3.05. The van der Waals surface area contributed by atoms with Gasteiger partial charge in [-0.3, -0.25) is 9.80 Å². The van der Waals surface area contributed by atoms with Gasteiger partial charge in [-0.2, -0.15) is 10.2 Å². The predicted molar refractivity (Wildman–Crippen MR) is 185 cm³/mol. The standard InChI is InChI=1S/C38H54N4O4/c1-23(2)13-27-21-41-11-9-25-15-35(43-5)37(45-7)17-29(25)33(41)19-31(27)39-40-32-20-34-30-18-38(46-8)36(44-6)16-26(30)10-12-42(34)22-28(32)14-24(3)4/h15-18,23-24,27-28,33-34H,9-14,19-22H2,1-8H3/b39-31+,40-32+/t27-,28+,33-,34+. The third-order valence-electron chi connectivity index (χ3n) is 10.7. The van der Waals surface area contributed by atoms with E-state index in [2.05, 4.69) is 61.8 Å². The number of fused-ring (bicyclic) bond motifs is 6. The Balaban J connectivity index is 1.35. The van der Waals surface area contributed by atoms with Crippen molar-refractivity contribution in [3.05, 3.63) is 46.5 Å². The molecule has 250 valence electrons. The zero-order chi connectivity index (χ0) is 32.5. The Labute approximate surface area is 276 Å². The van der Waals surface area contributed by atoms with Crippen LogP contribution in [0.15, 0.2) is 34.5 Å². The van der Waals surface area contributed by atoms with Gasteiger partial charge in [0.25, 0.3) is 0 Å². The van der Waals surface area contributed by atoms with Crippen LogP contribution in [-0.4, -0.2) is 75.8 Å². The second-order valence-corrected chi connectivity index (χ2v) is 14.6. The van der Waals surface area contributed by atoms with Crippen molar-refractivity contribution in [3.63, 3.8) is 0 Å². The van der Waals surface area contributed by atoms with Crippen LogP contribution in [0.5, 0.6) is 23.0 Å². The highest BCUT2D eigenvalue weighted by molar-refractivity contribution is 5.92. The minimum Gasteiger partial charge on any atom is -0.493 e. The normalized spacial score (nSPS) is 26.5. The van der Waals surface area contributed by atoms with E-state index in [0.29, 0.717) is 23.7 Å². The quantitative estimate of drug-likeness (QED) is 0.274. The first-order valence-electron chi connectivity index (χ1n) is 17.3. The molecule has 0 bridgehead atoms. The van der Waals surface area contributed by atoms with Gasteiger partial charge in [-0.15, -0.1) is 0 Å². The number of benzene rings is 2. The van der Waals surface area contributed by atoms with Crippen molar-refractivity contribution in [1.82, 2.24) is 9.80 Å². The van der Waals surface area contributed by atoms with Crippen LogP contribution in [0.3, 0.4) is 0 Å². The van der Waals surface area contributed by atoms with E-state index in [1.807, 2.05) is 0 Å². The Bertz CT molecular complexity index is 1360. The fraction of sp³-hybridized carbons (Fsp3) is 0.632. The summed E-state index contributed by atoms with van der Waals surface area (Å²) in [6.07, 6.45) is 6.13. The van der Waals surface area contributed by atoms with Crippen molar-refractivity contribution >= 4 is 11.4 Å². The molecule has 4 aliphatic heterocycles. The molecule has 0 N–H and O–H groups in total. The van der Waals surface area contributed by atoms with Crippen LogP contribution in [0.1, 0.15) is 87.7 Å². The summed E-state index contributed by atoms with van der Waals surface area (Å²) in [6, 6.07) is 9.34. The molecule has 4 aliphatic rings. The molecule has 46 heavy (non-hydrogen) atoms. The van der Waals surface area contributed by atoms with Crippen LogP contribution in [0, 0.1) is 23.7 Å². The molecule has 2 aromatic rings. The van der Waals surface area contributed by atoms with Crippen molar-refractivity contribution in [2.45, 2.75) is 78.3 Å². The number of piperidine rings is 2. The minimum absolute atomic E-state index is 0.284. The summed E-state index contributed by atoms with van der Waals surface area (Å²) < 4.78 is 22.8. The summed E-state index contributed by atoms with van der Waals surface area (Å²) in [5.41, 5.74) is 7.93. The van der Waals surface area contributed by atoms with Crippen molar-refractivity contribution in [3.8, 4) is 23.0 Å². The van der Waals surface area contributed by atoms with Crippen LogP contribution in [0.25, 0.3) is 0 Å². The molecule has 0 saturated carbocycles. The summed E-state index contributed by atoms with van der Waals surface area (Å²) >= 11 is 0. The van der Waals surface area contributed by atoms with Crippen LogP contribution < -0.4 is 18.9 Å². The molecule has 8 nitrogen and oxygen atoms in total. The molecular formula is C38H54N4O4. The molecule has 0 spiro atoms. The second kappa shape index (κ2) is 13.9. The first-order valence-corrected chi connectivity index (χ1v) is 17.3. The summed E-state index contributed by atoms with van der Waals surface area (Å²) in [5, 5.41) is 10.5.